The average molecular weight is 294 g/mol. The highest BCUT2D eigenvalue weighted by Crippen LogP contribution is 2.24. The highest BCUT2D eigenvalue weighted by Gasteiger charge is 2.32. The van der Waals surface area contributed by atoms with Crippen molar-refractivity contribution in [1.29, 1.82) is 0 Å². The molecule has 0 saturated carbocycles. The number of aliphatic hydroxyl groups is 1. The summed E-state index contributed by atoms with van der Waals surface area (Å²) in [5.74, 6) is 3.86. The second-order valence-corrected chi connectivity index (χ2v) is 6.20. The maximum atomic E-state index is 12.1. The number of cyclic esters (lactones) is 1. The molecule has 0 unspecified atom stereocenters. The zero-order valence-corrected chi connectivity index (χ0v) is 13.6. The first kappa shape index (κ1) is 17.7. The fourth-order valence-electron chi connectivity index (χ4n) is 2.63. The van der Waals surface area contributed by atoms with Crippen LogP contribution in [0.5, 0.6) is 0 Å². The summed E-state index contributed by atoms with van der Waals surface area (Å²) < 4.78 is 5.47. The monoisotopic (exact) mass is 294 g/mol. The summed E-state index contributed by atoms with van der Waals surface area (Å²) in [5.41, 5.74) is 0. The number of carbonyl (C=O) groups is 2. The summed E-state index contributed by atoms with van der Waals surface area (Å²) in [4.78, 5) is 24.2. The van der Waals surface area contributed by atoms with Gasteiger partial charge in [-0.25, -0.2) is 0 Å². The number of ketones is 1. The molecule has 0 aliphatic carbocycles. The first-order valence-electron chi connectivity index (χ1n) is 7.71. The van der Waals surface area contributed by atoms with Crippen LogP contribution in [0.2, 0.25) is 0 Å². The van der Waals surface area contributed by atoms with Crippen molar-refractivity contribution in [2.45, 2.75) is 59.7 Å². The lowest BCUT2D eigenvalue weighted by Gasteiger charge is -2.28. The second-order valence-electron chi connectivity index (χ2n) is 6.20. The molecule has 0 aromatic heterocycles. The van der Waals surface area contributed by atoms with Crippen LogP contribution in [0.3, 0.4) is 0 Å². The second kappa shape index (κ2) is 7.61. The average Bonchev–Trinajstić information content (AvgIpc) is 2.46. The smallest absolute Gasteiger partial charge is 0.311 e. The lowest BCUT2D eigenvalue weighted by Crippen LogP contribution is -2.37. The van der Waals surface area contributed by atoms with Crippen molar-refractivity contribution in [3.8, 4) is 11.8 Å². The molecule has 1 N–H and O–H groups in total. The van der Waals surface area contributed by atoms with E-state index < -0.39 is 18.0 Å². The molecule has 21 heavy (non-hydrogen) atoms. The van der Waals surface area contributed by atoms with Crippen LogP contribution in [-0.2, 0) is 14.3 Å². The highest BCUT2D eigenvalue weighted by atomic mass is 16.5. The summed E-state index contributed by atoms with van der Waals surface area (Å²) in [5, 5.41) is 10.3. The van der Waals surface area contributed by atoms with E-state index in [1.54, 1.807) is 6.92 Å². The Morgan fingerprint density at radius 2 is 1.86 bits per heavy atom. The Morgan fingerprint density at radius 1 is 1.24 bits per heavy atom. The molecule has 0 amide bonds. The number of ether oxygens (including phenoxy) is 1. The van der Waals surface area contributed by atoms with Crippen LogP contribution in [0, 0.1) is 35.5 Å². The van der Waals surface area contributed by atoms with Gasteiger partial charge in [-0.1, -0.05) is 26.7 Å². The van der Waals surface area contributed by atoms with E-state index in [-0.39, 0.29) is 29.6 Å². The topological polar surface area (TPSA) is 63.6 Å². The predicted octanol–water partition coefficient (Wildman–Crippen LogP) is 2.19. The number of rotatable bonds is 1. The first-order chi connectivity index (χ1) is 9.77. The van der Waals surface area contributed by atoms with E-state index in [0.29, 0.717) is 12.8 Å². The van der Waals surface area contributed by atoms with E-state index in [1.807, 2.05) is 27.7 Å². The molecule has 1 aliphatic heterocycles. The molecule has 1 rings (SSSR count). The van der Waals surface area contributed by atoms with Gasteiger partial charge in [-0.05, 0) is 38.5 Å². The van der Waals surface area contributed by atoms with Gasteiger partial charge >= 0.3 is 5.97 Å². The van der Waals surface area contributed by atoms with Gasteiger partial charge in [0, 0.05) is 5.92 Å². The number of esters is 1. The van der Waals surface area contributed by atoms with Crippen molar-refractivity contribution < 1.29 is 19.4 Å². The molecule has 0 saturated heterocycles. The number of Topliss-reactive ketones (excluding diaryl/α,β-unsaturated/α-hetero) is 1. The van der Waals surface area contributed by atoms with Gasteiger partial charge in [-0.3, -0.25) is 9.59 Å². The number of hydrogen-bond acceptors (Lipinski definition) is 4. The van der Waals surface area contributed by atoms with Crippen molar-refractivity contribution in [2.24, 2.45) is 23.7 Å². The van der Waals surface area contributed by atoms with Crippen molar-refractivity contribution in [1.82, 2.24) is 0 Å². The summed E-state index contributed by atoms with van der Waals surface area (Å²) in [6.45, 7) is 9.09. The largest absolute Gasteiger partial charge is 0.461 e. The predicted molar refractivity (Wildman–Crippen MR) is 80.2 cm³/mol. The third-order valence-electron chi connectivity index (χ3n) is 4.29. The normalized spacial score (nSPS) is 38.6. The van der Waals surface area contributed by atoms with E-state index in [4.69, 9.17) is 4.74 Å². The van der Waals surface area contributed by atoms with Gasteiger partial charge in [0.2, 0.25) is 5.78 Å². The van der Waals surface area contributed by atoms with E-state index in [1.165, 1.54) is 0 Å². The number of carbonyl (C=O) groups excluding carboxylic acids is 2. The minimum Gasteiger partial charge on any atom is -0.461 e. The number of hydrogen-bond donors (Lipinski definition) is 1. The lowest BCUT2D eigenvalue weighted by atomic mass is 9.85. The SMILES string of the molecule is CC[C@H]1OC(=O)[C@H](C)[C@@H](O)[C@@H](C)C[C@@H](C)C(=O)C#C[C@H]1C. The Morgan fingerprint density at radius 3 is 2.43 bits per heavy atom. The van der Waals surface area contributed by atoms with Gasteiger partial charge in [-0.15, -0.1) is 0 Å². The quantitative estimate of drug-likeness (QED) is 0.457. The summed E-state index contributed by atoms with van der Waals surface area (Å²) in [6, 6.07) is 0. The van der Waals surface area contributed by atoms with Crippen LogP contribution in [0.4, 0.5) is 0 Å². The first-order valence-corrected chi connectivity index (χ1v) is 7.71. The third kappa shape index (κ3) is 4.57. The van der Waals surface area contributed by atoms with E-state index >= 15 is 0 Å². The maximum Gasteiger partial charge on any atom is 0.311 e. The molecule has 118 valence electrons. The van der Waals surface area contributed by atoms with Gasteiger partial charge < -0.3 is 9.84 Å². The Hall–Kier alpha value is -1.34. The summed E-state index contributed by atoms with van der Waals surface area (Å²) in [7, 11) is 0. The molecule has 4 nitrogen and oxygen atoms in total. The third-order valence-corrected chi connectivity index (χ3v) is 4.29. The van der Waals surface area contributed by atoms with Crippen LogP contribution >= 0.6 is 0 Å². The Labute approximate surface area is 127 Å². The zero-order chi connectivity index (χ0) is 16.2. The molecular formula is C17H26O4. The standard InChI is InChI=1S/C17H26O4/c1-6-15-10(2)7-8-14(18)11(3)9-12(4)16(19)13(5)17(20)21-15/h10-13,15-16,19H,6,9H2,1-5H3/t10-,11-,12+,13-,15-,16+/m1/s1. The van der Waals surface area contributed by atoms with Gasteiger partial charge in [-0.2, -0.15) is 0 Å². The van der Waals surface area contributed by atoms with Crippen LogP contribution in [0.25, 0.3) is 0 Å². The van der Waals surface area contributed by atoms with Crippen molar-refractivity contribution >= 4 is 11.8 Å². The van der Waals surface area contributed by atoms with Gasteiger partial charge in [0.25, 0.3) is 0 Å². The lowest BCUT2D eigenvalue weighted by molar-refractivity contribution is -0.160. The van der Waals surface area contributed by atoms with Gasteiger partial charge in [0.15, 0.2) is 0 Å². The molecule has 0 fully saturated rings. The minimum absolute atomic E-state index is 0.115. The fourth-order valence-corrected chi connectivity index (χ4v) is 2.63. The summed E-state index contributed by atoms with van der Waals surface area (Å²) >= 11 is 0. The fraction of sp³-hybridized carbons (Fsp3) is 0.765. The van der Waals surface area contributed by atoms with Gasteiger partial charge in [0.05, 0.1) is 17.9 Å². The van der Waals surface area contributed by atoms with E-state index in [2.05, 4.69) is 11.8 Å². The molecule has 0 aromatic rings. The van der Waals surface area contributed by atoms with Crippen molar-refractivity contribution in [2.75, 3.05) is 0 Å². The molecule has 1 aliphatic rings. The van der Waals surface area contributed by atoms with Crippen LogP contribution in [0.1, 0.15) is 47.5 Å². The molecule has 0 bridgehead atoms. The van der Waals surface area contributed by atoms with Crippen molar-refractivity contribution in [3.63, 3.8) is 0 Å². The highest BCUT2D eigenvalue weighted by molar-refractivity contribution is 5.97. The van der Waals surface area contributed by atoms with Crippen LogP contribution < -0.4 is 0 Å². The van der Waals surface area contributed by atoms with Crippen LogP contribution in [-0.4, -0.2) is 29.1 Å². The zero-order valence-electron chi connectivity index (χ0n) is 13.6. The number of aliphatic hydroxyl groups excluding tert-OH is 1. The molecule has 1 heterocycles. The van der Waals surface area contributed by atoms with Crippen molar-refractivity contribution in [3.05, 3.63) is 0 Å². The Bertz CT molecular complexity index is 445. The molecule has 4 heteroatoms. The van der Waals surface area contributed by atoms with E-state index in [0.717, 1.165) is 0 Å². The van der Waals surface area contributed by atoms with E-state index in [9.17, 15) is 14.7 Å². The van der Waals surface area contributed by atoms with Gasteiger partial charge in [0.1, 0.15) is 6.10 Å². The Kier molecular flexibility index (Phi) is 6.42. The summed E-state index contributed by atoms with van der Waals surface area (Å²) in [6.07, 6.45) is -0.0212. The maximum absolute atomic E-state index is 12.1. The molecule has 0 spiro atoms. The molecular weight excluding hydrogens is 268 g/mol. The molecule has 0 radical (unpaired) electrons. The van der Waals surface area contributed by atoms with Crippen LogP contribution in [0.15, 0.2) is 0 Å². The molecule has 0 aromatic carbocycles. The Balaban J connectivity index is 3.08. The minimum atomic E-state index is -0.812. The molecule has 6 atom stereocenters.